The summed E-state index contributed by atoms with van der Waals surface area (Å²) >= 11 is 0. The van der Waals surface area contributed by atoms with Gasteiger partial charge < -0.3 is 16.4 Å². The van der Waals surface area contributed by atoms with Crippen molar-refractivity contribution < 1.29 is 4.79 Å². The van der Waals surface area contributed by atoms with Gasteiger partial charge in [0.15, 0.2) is 5.78 Å². The second-order valence-electron chi connectivity index (χ2n) is 7.14. The maximum Gasteiger partial charge on any atom is 0.224 e. The summed E-state index contributed by atoms with van der Waals surface area (Å²) in [6.07, 6.45) is 7.30. The van der Waals surface area contributed by atoms with Crippen LogP contribution >= 0.6 is 0 Å². The Bertz CT molecular complexity index is 989. The standard InChI is InChI=1S/C19H23N9O/c1-12(29)15-10-21-19(24-17-8-3-2-7-16(17)20)25-18(15)23-13-5-4-6-14(9-13)28-11-22-26-27-28/h4-6,9-11,16-17H,2-3,7-8,20H2,1H3,(H2,21,23,24,25)/t16-,17+/m0/s1. The lowest BCUT2D eigenvalue weighted by Gasteiger charge is -2.29. The maximum absolute atomic E-state index is 12.1. The summed E-state index contributed by atoms with van der Waals surface area (Å²) in [7, 11) is 0. The van der Waals surface area contributed by atoms with Crippen molar-refractivity contribution in [2.24, 2.45) is 5.73 Å². The number of ketones is 1. The Balaban J connectivity index is 1.60. The molecule has 10 heteroatoms. The van der Waals surface area contributed by atoms with Crippen molar-refractivity contribution in [3.63, 3.8) is 0 Å². The molecule has 1 aromatic carbocycles. The molecule has 4 N–H and O–H groups in total. The van der Waals surface area contributed by atoms with Gasteiger partial charge in [-0.2, -0.15) is 4.98 Å². The molecule has 0 amide bonds. The van der Waals surface area contributed by atoms with Gasteiger partial charge in [-0.1, -0.05) is 18.9 Å². The molecule has 3 aromatic rings. The number of carbonyl (C=O) groups excluding carboxylic acids is 1. The Hall–Kier alpha value is -3.40. The summed E-state index contributed by atoms with van der Waals surface area (Å²) in [6, 6.07) is 7.70. The van der Waals surface area contributed by atoms with Crippen molar-refractivity contribution in [2.75, 3.05) is 10.6 Å². The molecule has 1 fully saturated rings. The minimum absolute atomic E-state index is 0.0733. The molecule has 2 atom stereocenters. The zero-order valence-corrected chi connectivity index (χ0v) is 16.1. The molecule has 0 saturated heterocycles. The van der Waals surface area contributed by atoms with E-state index < -0.39 is 0 Å². The predicted molar refractivity (Wildman–Crippen MR) is 108 cm³/mol. The molecule has 2 heterocycles. The van der Waals surface area contributed by atoms with E-state index in [-0.39, 0.29) is 17.9 Å². The fraction of sp³-hybridized carbons (Fsp3) is 0.368. The lowest BCUT2D eigenvalue weighted by atomic mass is 9.91. The van der Waals surface area contributed by atoms with Crippen LogP contribution in [0.15, 0.2) is 36.8 Å². The van der Waals surface area contributed by atoms with E-state index in [0.29, 0.717) is 17.3 Å². The molecule has 0 bridgehead atoms. The maximum atomic E-state index is 12.1. The largest absolute Gasteiger partial charge is 0.350 e. The molecule has 0 radical (unpaired) electrons. The molecule has 2 aromatic heterocycles. The molecule has 0 spiro atoms. The normalized spacial score (nSPS) is 19.0. The number of anilines is 3. The van der Waals surface area contributed by atoms with E-state index in [1.165, 1.54) is 13.3 Å². The van der Waals surface area contributed by atoms with Crippen LogP contribution in [0.4, 0.5) is 17.5 Å². The molecule has 1 aliphatic carbocycles. The van der Waals surface area contributed by atoms with Gasteiger partial charge >= 0.3 is 0 Å². The zero-order chi connectivity index (χ0) is 20.2. The smallest absolute Gasteiger partial charge is 0.224 e. The van der Waals surface area contributed by atoms with E-state index in [4.69, 9.17) is 5.73 Å². The first kappa shape index (κ1) is 18.9. The number of benzene rings is 1. The number of nitrogens with zero attached hydrogens (tertiary/aromatic N) is 6. The van der Waals surface area contributed by atoms with Crippen LogP contribution < -0.4 is 16.4 Å². The van der Waals surface area contributed by atoms with E-state index in [1.807, 2.05) is 24.3 Å². The van der Waals surface area contributed by atoms with Crippen molar-refractivity contribution in [1.29, 1.82) is 0 Å². The molecule has 10 nitrogen and oxygen atoms in total. The molecule has 1 aliphatic rings. The first-order valence-electron chi connectivity index (χ1n) is 9.61. The molecule has 4 rings (SSSR count). The predicted octanol–water partition coefficient (Wildman–Crippen LogP) is 2.08. The topological polar surface area (TPSA) is 137 Å². The molecule has 0 unspecified atom stereocenters. The Morgan fingerprint density at radius 3 is 2.90 bits per heavy atom. The highest BCUT2D eigenvalue weighted by Crippen LogP contribution is 2.24. The number of hydrogen-bond donors (Lipinski definition) is 3. The number of rotatable bonds is 6. The number of Topliss-reactive ketones (excluding diaryl/α,β-unsaturated/α-hetero) is 1. The first-order valence-corrected chi connectivity index (χ1v) is 9.61. The molecule has 1 saturated carbocycles. The lowest BCUT2D eigenvalue weighted by Crippen LogP contribution is -2.43. The van der Waals surface area contributed by atoms with Gasteiger partial charge in [0.2, 0.25) is 5.95 Å². The second-order valence-corrected chi connectivity index (χ2v) is 7.14. The van der Waals surface area contributed by atoms with Gasteiger partial charge in [0.1, 0.15) is 12.1 Å². The Kier molecular flexibility index (Phi) is 5.43. The van der Waals surface area contributed by atoms with E-state index in [2.05, 4.69) is 36.1 Å². The Labute approximate surface area is 167 Å². The molecule has 0 aliphatic heterocycles. The molecule has 29 heavy (non-hydrogen) atoms. The van der Waals surface area contributed by atoms with Gasteiger partial charge in [0.25, 0.3) is 0 Å². The summed E-state index contributed by atoms with van der Waals surface area (Å²) in [4.78, 5) is 20.9. The Morgan fingerprint density at radius 1 is 1.28 bits per heavy atom. The average Bonchev–Trinajstić information content (AvgIpc) is 3.25. The van der Waals surface area contributed by atoms with Crippen LogP contribution in [0.3, 0.4) is 0 Å². The molecular formula is C19H23N9O. The third kappa shape index (κ3) is 4.37. The monoisotopic (exact) mass is 393 g/mol. The summed E-state index contributed by atoms with van der Waals surface area (Å²) in [5, 5.41) is 17.7. The van der Waals surface area contributed by atoms with Crippen molar-refractivity contribution in [2.45, 2.75) is 44.7 Å². The summed E-state index contributed by atoms with van der Waals surface area (Å²) in [6.45, 7) is 1.49. The summed E-state index contributed by atoms with van der Waals surface area (Å²) in [5.74, 6) is 0.773. The van der Waals surface area contributed by atoms with Crippen LogP contribution in [0.25, 0.3) is 5.69 Å². The van der Waals surface area contributed by atoms with E-state index in [0.717, 1.165) is 37.1 Å². The number of carbonyl (C=O) groups is 1. The zero-order valence-electron chi connectivity index (χ0n) is 16.1. The van der Waals surface area contributed by atoms with E-state index >= 15 is 0 Å². The molecule has 150 valence electrons. The molecular weight excluding hydrogens is 370 g/mol. The van der Waals surface area contributed by atoms with Gasteiger partial charge in [-0.15, -0.1) is 5.10 Å². The summed E-state index contributed by atoms with van der Waals surface area (Å²) in [5.41, 5.74) is 8.17. The summed E-state index contributed by atoms with van der Waals surface area (Å²) < 4.78 is 1.55. The fourth-order valence-corrected chi connectivity index (χ4v) is 3.45. The van der Waals surface area contributed by atoms with Crippen LogP contribution in [-0.2, 0) is 0 Å². The Morgan fingerprint density at radius 2 is 2.14 bits per heavy atom. The van der Waals surface area contributed by atoms with Crippen molar-refractivity contribution in [3.05, 3.63) is 42.4 Å². The van der Waals surface area contributed by atoms with E-state index in [9.17, 15) is 4.79 Å². The highest BCUT2D eigenvalue weighted by Gasteiger charge is 2.23. The number of nitrogens with one attached hydrogen (secondary N) is 2. The van der Waals surface area contributed by atoms with Gasteiger partial charge in [-0.25, -0.2) is 9.67 Å². The highest BCUT2D eigenvalue weighted by molar-refractivity contribution is 5.99. The van der Waals surface area contributed by atoms with E-state index in [1.54, 1.807) is 10.9 Å². The third-order valence-corrected chi connectivity index (χ3v) is 5.02. The van der Waals surface area contributed by atoms with Gasteiger partial charge in [0, 0.05) is 24.0 Å². The van der Waals surface area contributed by atoms with Gasteiger partial charge in [-0.05, 0) is 48.4 Å². The van der Waals surface area contributed by atoms with Crippen LogP contribution in [0.2, 0.25) is 0 Å². The quantitative estimate of drug-likeness (QED) is 0.537. The van der Waals surface area contributed by atoms with Crippen molar-refractivity contribution in [1.82, 2.24) is 30.2 Å². The van der Waals surface area contributed by atoms with Crippen LogP contribution in [0.5, 0.6) is 0 Å². The van der Waals surface area contributed by atoms with Crippen LogP contribution in [0.1, 0.15) is 43.0 Å². The lowest BCUT2D eigenvalue weighted by molar-refractivity contribution is 0.101. The van der Waals surface area contributed by atoms with Crippen molar-refractivity contribution in [3.8, 4) is 5.69 Å². The third-order valence-electron chi connectivity index (χ3n) is 5.02. The minimum Gasteiger partial charge on any atom is -0.350 e. The van der Waals surface area contributed by atoms with Crippen LogP contribution in [-0.4, -0.2) is 48.0 Å². The average molecular weight is 393 g/mol. The van der Waals surface area contributed by atoms with Gasteiger partial charge in [-0.3, -0.25) is 4.79 Å². The SMILES string of the molecule is CC(=O)c1cnc(N[C@@H]2CCCC[C@@H]2N)nc1Nc1cccc(-n2cnnn2)c1. The second kappa shape index (κ2) is 8.31. The number of nitrogens with two attached hydrogens (primary N) is 1. The highest BCUT2D eigenvalue weighted by atomic mass is 16.1. The van der Waals surface area contributed by atoms with Crippen molar-refractivity contribution >= 4 is 23.2 Å². The number of hydrogen-bond acceptors (Lipinski definition) is 9. The minimum atomic E-state index is -0.120. The van der Waals surface area contributed by atoms with Gasteiger partial charge in [0.05, 0.1) is 11.3 Å². The first-order chi connectivity index (χ1) is 14.1. The van der Waals surface area contributed by atoms with Crippen LogP contribution in [0, 0.1) is 0 Å². The fourth-order valence-electron chi connectivity index (χ4n) is 3.45. The number of aromatic nitrogens is 6. The number of tetrazole rings is 1.